The molecule has 1 heterocycles. The molecule has 0 atom stereocenters. The third-order valence-corrected chi connectivity index (χ3v) is 2.90. The molecule has 88 valence electrons. The van der Waals surface area contributed by atoms with Gasteiger partial charge >= 0.3 is 0 Å². The smallest absolute Gasteiger partial charge is 0.262 e. The first kappa shape index (κ1) is 11.7. The number of carbonyl (C=O) groups excluding carboxylic acids is 1. The van der Waals surface area contributed by atoms with Crippen LogP contribution >= 0.6 is 12.2 Å². The second kappa shape index (κ2) is 4.63. The monoisotopic (exact) mass is 248 g/mol. The maximum atomic E-state index is 12.1. The lowest BCUT2D eigenvalue weighted by atomic mass is 10.2. The van der Waals surface area contributed by atoms with Gasteiger partial charge in [-0.15, -0.1) is 0 Å². The van der Waals surface area contributed by atoms with Gasteiger partial charge in [-0.25, -0.2) is 0 Å². The first-order valence-corrected chi connectivity index (χ1v) is 5.71. The summed E-state index contributed by atoms with van der Waals surface area (Å²) in [6.07, 6.45) is 0.315. The van der Waals surface area contributed by atoms with Crippen LogP contribution in [-0.4, -0.2) is 15.3 Å². The SMILES string of the molecule is CC(=O)CCn1c(=S)[nH]c2ccccc2c1=O. The Hall–Kier alpha value is -1.75. The van der Waals surface area contributed by atoms with E-state index in [1.807, 2.05) is 12.1 Å². The largest absolute Gasteiger partial charge is 0.332 e. The van der Waals surface area contributed by atoms with Crippen LogP contribution in [0.2, 0.25) is 0 Å². The van der Waals surface area contributed by atoms with Crippen molar-refractivity contribution >= 4 is 28.9 Å². The molecule has 17 heavy (non-hydrogen) atoms. The van der Waals surface area contributed by atoms with Gasteiger partial charge in [-0.2, -0.15) is 0 Å². The average Bonchev–Trinajstić information content (AvgIpc) is 2.28. The van der Waals surface area contributed by atoms with Crippen molar-refractivity contribution in [3.05, 3.63) is 39.4 Å². The molecule has 0 saturated carbocycles. The molecule has 0 aliphatic rings. The minimum absolute atomic E-state index is 0.0412. The summed E-state index contributed by atoms with van der Waals surface area (Å²) in [6, 6.07) is 7.19. The summed E-state index contributed by atoms with van der Waals surface area (Å²) in [6.45, 7) is 1.83. The van der Waals surface area contributed by atoms with E-state index in [0.29, 0.717) is 23.1 Å². The summed E-state index contributed by atoms with van der Waals surface area (Å²) in [5, 5.41) is 0.588. The van der Waals surface area contributed by atoms with Crippen LogP contribution in [0.4, 0.5) is 0 Å². The van der Waals surface area contributed by atoms with Crippen molar-refractivity contribution in [1.82, 2.24) is 9.55 Å². The number of hydrogen-bond acceptors (Lipinski definition) is 3. The van der Waals surface area contributed by atoms with Gasteiger partial charge in [0.05, 0.1) is 10.9 Å². The summed E-state index contributed by atoms with van der Waals surface area (Å²) in [5.74, 6) is 0.0412. The van der Waals surface area contributed by atoms with Crippen molar-refractivity contribution in [2.75, 3.05) is 0 Å². The van der Waals surface area contributed by atoms with Crippen molar-refractivity contribution in [3.8, 4) is 0 Å². The number of carbonyl (C=O) groups is 1. The second-order valence-corrected chi connectivity index (χ2v) is 4.27. The van der Waals surface area contributed by atoms with Gasteiger partial charge in [0.25, 0.3) is 5.56 Å². The molecular formula is C12H12N2O2S. The molecular weight excluding hydrogens is 236 g/mol. The fourth-order valence-electron chi connectivity index (χ4n) is 1.67. The molecule has 4 nitrogen and oxygen atoms in total. The van der Waals surface area contributed by atoms with Gasteiger partial charge < -0.3 is 4.98 Å². The summed E-state index contributed by atoms with van der Waals surface area (Å²) in [4.78, 5) is 26.1. The highest BCUT2D eigenvalue weighted by Crippen LogP contribution is 2.06. The van der Waals surface area contributed by atoms with Gasteiger partial charge in [-0.3, -0.25) is 14.2 Å². The molecule has 2 aromatic rings. The van der Waals surface area contributed by atoms with E-state index in [9.17, 15) is 9.59 Å². The Labute approximate surface area is 103 Å². The summed E-state index contributed by atoms with van der Waals surface area (Å²) in [5.41, 5.74) is 0.576. The number of hydrogen-bond donors (Lipinski definition) is 1. The Morgan fingerprint density at radius 2 is 2.12 bits per heavy atom. The number of aromatic nitrogens is 2. The predicted octanol–water partition coefficient (Wildman–Crippen LogP) is 2.04. The van der Waals surface area contributed by atoms with E-state index in [4.69, 9.17) is 12.2 Å². The topological polar surface area (TPSA) is 54.9 Å². The molecule has 2 rings (SSSR count). The van der Waals surface area contributed by atoms with Crippen LogP contribution in [0.1, 0.15) is 13.3 Å². The molecule has 0 aliphatic heterocycles. The van der Waals surface area contributed by atoms with Crippen LogP contribution in [0.15, 0.2) is 29.1 Å². The zero-order valence-electron chi connectivity index (χ0n) is 9.40. The Balaban J connectivity index is 2.60. The van der Waals surface area contributed by atoms with E-state index in [1.165, 1.54) is 11.5 Å². The van der Waals surface area contributed by atoms with E-state index in [0.717, 1.165) is 5.52 Å². The van der Waals surface area contributed by atoms with Crippen molar-refractivity contribution in [3.63, 3.8) is 0 Å². The molecule has 5 heteroatoms. The number of nitrogens with zero attached hydrogens (tertiary/aromatic N) is 1. The molecule has 0 spiro atoms. The third-order valence-electron chi connectivity index (χ3n) is 2.58. The van der Waals surface area contributed by atoms with Gasteiger partial charge in [-0.05, 0) is 31.3 Å². The molecule has 0 radical (unpaired) electrons. The minimum Gasteiger partial charge on any atom is -0.332 e. The van der Waals surface area contributed by atoms with Gasteiger partial charge in [0, 0.05) is 13.0 Å². The Morgan fingerprint density at radius 1 is 1.41 bits per heavy atom. The molecule has 0 unspecified atom stereocenters. The minimum atomic E-state index is -0.148. The first-order valence-electron chi connectivity index (χ1n) is 5.31. The van der Waals surface area contributed by atoms with Crippen LogP contribution < -0.4 is 5.56 Å². The van der Waals surface area contributed by atoms with Crippen LogP contribution in [0.5, 0.6) is 0 Å². The maximum absolute atomic E-state index is 12.1. The van der Waals surface area contributed by atoms with Crippen molar-refractivity contribution in [1.29, 1.82) is 0 Å². The van der Waals surface area contributed by atoms with Crippen LogP contribution in [0.25, 0.3) is 10.9 Å². The third kappa shape index (κ3) is 2.34. The normalized spacial score (nSPS) is 10.6. The zero-order valence-corrected chi connectivity index (χ0v) is 10.2. The quantitative estimate of drug-likeness (QED) is 0.846. The fourth-order valence-corrected chi connectivity index (χ4v) is 1.96. The Kier molecular flexibility index (Phi) is 3.19. The van der Waals surface area contributed by atoms with Gasteiger partial charge in [-0.1, -0.05) is 12.1 Å². The lowest BCUT2D eigenvalue weighted by Gasteiger charge is -2.06. The molecule has 0 fully saturated rings. The van der Waals surface area contributed by atoms with E-state index in [-0.39, 0.29) is 11.3 Å². The number of H-pyrrole nitrogens is 1. The number of aromatic amines is 1. The fraction of sp³-hybridized carbons (Fsp3) is 0.250. The zero-order chi connectivity index (χ0) is 12.4. The summed E-state index contributed by atoms with van der Waals surface area (Å²) < 4.78 is 1.79. The highest BCUT2D eigenvalue weighted by atomic mass is 32.1. The summed E-state index contributed by atoms with van der Waals surface area (Å²) >= 11 is 5.12. The molecule has 0 aliphatic carbocycles. The van der Waals surface area contributed by atoms with Crippen LogP contribution in [0, 0.1) is 4.77 Å². The Bertz CT molecular complexity index is 685. The van der Waals surface area contributed by atoms with E-state index < -0.39 is 0 Å². The Morgan fingerprint density at radius 3 is 2.82 bits per heavy atom. The molecule has 1 N–H and O–H groups in total. The predicted molar refractivity (Wildman–Crippen MR) is 68.7 cm³/mol. The molecule has 0 amide bonds. The van der Waals surface area contributed by atoms with E-state index >= 15 is 0 Å². The average molecular weight is 248 g/mol. The van der Waals surface area contributed by atoms with Crippen molar-refractivity contribution in [2.24, 2.45) is 0 Å². The van der Waals surface area contributed by atoms with Crippen molar-refractivity contribution < 1.29 is 4.79 Å². The van der Waals surface area contributed by atoms with Crippen LogP contribution in [-0.2, 0) is 11.3 Å². The molecule has 1 aromatic carbocycles. The highest BCUT2D eigenvalue weighted by molar-refractivity contribution is 7.71. The molecule has 0 saturated heterocycles. The standard InChI is InChI=1S/C12H12N2O2S/c1-8(15)6-7-14-11(16)9-4-2-3-5-10(9)13-12(14)17/h2-5H,6-7H2,1H3,(H,13,17). The maximum Gasteiger partial charge on any atom is 0.262 e. The van der Waals surface area contributed by atoms with Gasteiger partial charge in [0.1, 0.15) is 5.78 Å². The van der Waals surface area contributed by atoms with E-state index in [1.54, 1.807) is 12.1 Å². The molecule has 1 aromatic heterocycles. The number of nitrogens with one attached hydrogen (secondary N) is 1. The van der Waals surface area contributed by atoms with Gasteiger partial charge in [0.15, 0.2) is 4.77 Å². The second-order valence-electron chi connectivity index (χ2n) is 3.88. The number of fused-ring (bicyclic) bond motifs is 1. The number of para-hydroxylation sites is 1. The highest BCUT2D eigenvalue weighted by Gasteiger charge is 2.05. The number of ketones is 1. The van der Waals surface area contributed by atoms with Gasteiger partial charge in [0.2, 0.25) is 0 Å². The molecule has 0 bridgehead atoms. The number of rotatable bonds is 3. The number of benzene rings is 1. The summed E-state index contributed by atoms with van der Waals surface area (Å²) in [7, 11) is 0. The first-order chi connectivity index (χ1) is 8.09. The van der Waals surface area contributed by atoms with Crippen LogP contribution in [0.3, 0.4) is 0 Å². The van der Waals surface area contributed by atoms with E-state index in [2.05, 4.69) is 4.98 Å². The lowest BCUT2D eigenvalue weighted by Crippen LogP contribution is -2.23. The lowest BCUT2D eigenvalue weighted by molar-refractivity contribution is -0.117. The van der Waals surface area contributed by atoms with Crippen molar-refractivity contribution in [2.45, 2.75) is 19.9 Å². The number of Topliss-reactive ketones (excluding diaryl/α,β-unsaturated/α-hetero) is 1.